The highest BCUT2D eigenvalue weighted by molar-refractivity contribution is 6.09. The zero-order valence-corrected chi connectivity index (χ0v) is 10.1. The van der Waals surface area contributed by atoms with Crippen LogP contribution in [0.2, 0.25) is 0 Å². The highest BCUT2D eigenvalue weighted by Gasteiger charge is 2.01. The molecule has 0 aliphatic rings. The number of nitrogens with two attached hydrogens (primary N) is 1. The van der Waals surface area contributed by atoms with Crippen LogP contribution in [0.25, 0.3) is 5.57 Å². The zero-order valence-electron chi connectivity index (χ0n) is 10.1. The molecular weight excluding hydrogens is 212 g/mol. The summed E-state index contributed by atoms with van der Waals surface area (Å²) < 4.78 is 0. The van der Waals surface area contributed by atoms with Crippen molar-refractivity contribution < 1.29 is 0 Å². The molecule has 88 valence electrons. The number of hydrogen-bond acceptors (Lipinski definition) is 4. The molecule has 0 amide bonds. The van der Waals surface area contributed by atoms with Crippen molar-refractivity contribution in [2.45, 2.75) is 0 Å². The summed E-state index contributed by atoms with van der Waals surface area (Å²) >= 11 is 0. The summed E-state index contributed by atoms with van der Waals surface area (Å²) in [4.78, 5) is 5.82. The van der Waals surface area contributed by atoms with Gasteiger partial charge in [0.25, 0.3) is 0 Å². The van der Waals surface area contributed by atoms with Crippen LogP contribution < -0.4 is 10.6 Å². The quantitative estimate of drug-likeness (QED) is 0.629. The Morgan fingerprint density at radius 1 is 1.47 bits per heavy atom. The van der Waals surface area contributed by atoms with Crippen LogP contribution in [0.1, 0.15) is 5.56 Å². The fraction of sp³-hybridized carbons (Fsp3) is 0.231. The van der Waals surface area contributed by atoms with Crippen molar-refractivity contribution >= 4 is 17.5 Å². The molecular formula is C13H16N4. The van der Waals surface area contributed by atoms with E-state index in [4.69, 9.17) is 11.0 Å². The number of hydrogen-bond donors (Lipinski definition) is 1. The Morgan fingerprint density at radius 3 is 2.59 bits per heavy atom. The van der Waals surface area contributed by atoms with E-state index in [1.807, 2.05) is 36.2 Å². The normalized spacial score (nSPS) is 11.5. The van der Waals surface area contributed by atoms with Gasteiger partial charge >= 0.3 is 0 Å². The summed E-state index contributed by atoms with van der Waals surface area (Å²) in [5.74, 6) is 0. The molecule has 4 nitrogen and oxygen atoms in total. The number of benzene rings is 1. The fourth-order valence-corrected chi connectivity index (χ4v) is 1.46. The minimum atomic E-state index is 0.370. The molecule has 0 saturated heterocycles. The predicted molar refractivity (Wildman–Crippen MR) is 71.9 cm³/mol. The lowest BCUT2D eigenvalue weighted by Gasteiger charge is -2.15. The van der Waals surface area contributed by atoms with Crippen molar-refractivity contribution in [3.63, 3.8) is 0 Å². The molecule has 0 atom stereocenters. The van der Waals surface area contributed by atoms with Crippen LogP contribution in [-0.2, 0) is 0 Å². The topological polar surface area (TPSA) is 65.4 Å². The Labute approximate surface area is 102 Å². The first-order valence-corrected chi connectivity index (χ1v) is 5.25. The second-order valence-electron chi connectivity index (χ2n) is 3.57. The van der Waals surface area contributed by atoms with Crippen LogP contribution in [0.15, 0.2) is 35.5 Å². The zero-order chi connectivity index (χ0) is 12.7. The average molecular weight is 228 g/mol. The molecule has 0 unspecified atom stereocenters. The molecule has 0 saturated carbocycles. The third kappa shape index (κ3) is 3.35. The first-order chi connectivity index (χ1) is 8.22. The SMILES string of the molecule is CN=CC(=CN)c1ccc(N(C)CC#N)cc1. The molecule has 0 radical (unpaired) electrons. The number of anilines is 1. The standard InChI is InChI=1S/C13H16N4/c1-16-10-12(9-15)11-3-5-13(6-4-11)17(2)8-7-14/h3-6,9-10H,8,15H2,1-2H3. The lowest BCUT2D eigenvalue weighted by molar-refractivity contribution is 1.04. The smallest absolute Gasteiger partial charge is 0.105 e. The van der Waals surface area contributed by atoms with Gasteiger partial charge in [-0.05, 0) is 17.7 Å². The van der Waals surface area contributed by atoms with Crippen molar-refractivity contribution in [2.24, 2.45) is 10.7 Å². The molecule has 0 bridgehead atoms. The summed E-state index contributed by atoms with van der Waals surface area (Å²) in [6.45, 7) is 0.370. The molecule has 2 N–H and O–H groups in total. The van der Waals surface area contributed by atoms with Gasteiger partial charge < -0.3 is 10.6 Å². The average Bonchev–Trinajstić information content (AvgIpc) is 2.36. The highest BCUT2D eigenvalue weighted by Crippen LogP contribution is 2.17. The van der Waals surface area contributed by atoms with E-state index in [-0.39, 0.29) is 0 Å². The minimum absolute atomic E-state index is 0.370. The molecule has 0 spiro atoms. The van der Waals surface area contributed by atoms with Gasteiger partial charge in [-0.25, -0.2) is 0 Å². The third-order valence-corrected chi connectivity index (χ3v) is 2.40. The summed E-state index contributed by atoms with van der Waals surface area (Å²) in [7, 11) is 3.59. The van der Waals surface area contributed by atoms with Crippen LogP contribution in [0, 0.1) is 11.3 Å². The van der Waals surface area contributed by atoms with Gasteiger partial charge in [-0.1, -0.05) is 12.1 Å². The molecule has 0 fully saturated rings. The van der Waals surface area contributed by atoms with E-state index >= 15 is 0 Å². The molecule has 1 aromatic rings. The molecule has 0 heterocycles. The second kappa shape index (κ2) is 6.33. The Balaban J connectivity index is 2.92. The molecule has 4 heteroatoms. The van der Waals surface area contributed by atoms with Crippen molar-refractivity contribution in [3.8, 4) is 6.07 Å². The van der Waals surface area contributed by atoms with Crippen LogP contribution in [-0.4, -0.2) is 26.9 Å². The van der Waals surface area contributed by atoms with Gasteiger partial charge in [0.1, 0.15) is 6.54 Å². The number of aliphatic imine (C=N–C) groups is 1. The van der Waals surface area contributed by atoms with Gasteiger partial charge in [0, 0.05) is 37.8 Å². The van der Waals surface area contributed by atoms with Crippen molar-refractivity contribution in [1.29, 1.82) is 5.26 Å². The second-order valence-corrected chi connectivity index (χ2v) is 3.57. The number of rotatable bonds is 4. The van der Waals surface area contributed by atoms with E-state index in [9.17, 15) is 0 Å². The molecule has 0 aliphatic carbocycles. The number of allylic oxidation sites excluding steroid dienone is 1. The van der Waals surface area contributed by atoms with Crippen LogP contribution >= 0.6 is 0 Å². The first-order valence-electron chi connectivity index (χ1n) is 5.25. The monoisotopic (exact) mass is 228 g/mol. The summed E-state index contributed by atoms with van der Waals surface area (Å²) in [5.41, 5.74) is 8.41. The largest absolute Gasteiger partial charge is 0.404 e. The Bertz CT molecular complexity index is 451. The van der Waals surface area contributed by atoms with E-state index in [0.29, 0.717) is 6.54 Å². The number of nitriles is 1. The molecule has 0 aromatic heterocycles. The number of nitrogens with zero attached hydrogens (tertiary/aromatic N) is 3. The van der Waals surface area contributed by atoms with E-state index in [1.54, 1.807) is 13.3 Å². The van der Waals surface area contributed by atoms with E-state index in [2.05, 4.69) is 11.1 Å². The third-order valence-electron chi connectivity index (χ3n) is 2.40. The van der Waals surface area contributed by atoms with E-state index in [0.717, 1.165) is 16.8 Å². The summed E-state index contributed by atoms with van der Waals surface area (Å²) in [6.07, 6.45) is 3.25. The van der Waals surface area contributed by atoms with Gasteiger partial charge in [-0.3, -0.25) is 4.99 Å². The van der Waals surface area contributed by atoms with Crippen molar-refractivity contribution in [1.82, 2.24) is 0 Å². The Hall–Kier alpha value is -2.28. The van der Waals surface area contributed by atoms with Gasteiger partial charge in [-0.2, -0.15) is 5.26 Å². The van der Waals surface area contributed by atoms with Gasteiger partial charge in [0.15, 0.2) is 0 Å². The molecule has 1 rings (SSSR count). The van der Waals surface area contributed by atoms with Gasteiger partial charge in [-0.15, -0.1) is 0 Å². The lowest BCUT2D eigenvalue weighted by Crippen LogP contribution is -2.16. The summed E-state index contributed by atoms with van der Waals surface area (Å²) in [5, 5.41) is 8.61. The van der Waals surface area contributed by atoms with Gasteiger partial charge in [0.05, 0.1) is 6.07 Å². The maximum absolute atomic E-state index is 8.61. The minimum Gasteiger partial charge on any atom is -0.404 e. The van der Waals surface area contributed by atoms with Crippen molar-refractivity contribution in [3.05, 3.63) is 36.0 Å². The van der Waals surface area contributed by atoms with Crippen LogP contribution in [0.4, 0.5) is 5.69 Å². The lowest BCUT2D eigenvalue weighted by atomic mass is 10.1. The Kier molecular flexibility index (Phi) is 4.77. The summed E-state index contributed by atoms with van der Waals surface area (Å²) in [6, 6.07) is 9.95. The van der Waals surface area contributed by atoms with Crippen molar-refractivity contribution in [2.75, 3.05) is 25.5 Å². The fourth-order valence-electron chi connectivity index (χ4n) is 1.46. The van der Waals surface area contributed by atoms with E-state index < -0.39 is 0 Å². The highest BCUT2D eigenvalue weighted by atomic mass is 15.1. The maximum Gasteiger partial charge on any atom is 0.105 e. The van der Waals surface area contributed by atoms with E-state index in [1.165, 1.54) is 6.20 Å². The molecule has 17 heavy (non-hydrogen) atoms. The Morgan fingerprint density at radius 2 is 2.12 bits per heavy atom. The molecule has 1 aromatic carbocycles. The molecule has 0 aliphatic heterocycles. The van der Waals surface area contributed by atoms with Crippen LogP contribution in [0.3, 0.4) is 0 Å². The maximum atomic E-state index is 8.61. The predicted octanol–water partition coefficient (Wildman–Crippen LogP) is 1.65. The van der Waals surface area contributed by atoms with Gasteiger partial charge in [0.2, 0.25) is 0 Å². The first kappa shape index (κ1) is 12.8. The van der Waals surface area contributed by atoms with Crippen LogP contribution in [0.5, 0.6) is 0 Å².